The van der Waals surface area contributed by atoms with Crippen LogP contribution < -0.4 is 10.1 Å². The van der Waals surface area contributed by atoms with Crippen LogP contribution in [0.5, 0.6) is 5.75 Å². The van der Waals surface area contributed by atoms with Gasteiger partial charge in [-0.25, -0.2) is 0 Å². The first-order chi connectivity index (χ1) is 14.6. The average molecular weight is 411 g/mol. The van der Waals surface area contributed by atoms with E-state index in [9.17, 15) is 4.79 Å². The summed E-state index contributed by atoms with van der Waals surface area (Å²) in [6.45, 7) is 6.16. The van der Waals surface area contributed by atoms with Crippen LogP contribution >= 0.6 is 0 Å². The highest BCUT2D eigenvalue weighted by Gasteiger charge is 2.51. The Morgan fingerprint density at radius 2 is 1.73 bits per heavy atom. The van der Waals surface area contributed by atoms with Crippen LogP contribution in [0.15, 0.2) is 18.2 Å². The predicted molar refractivity (Wildman–Crippen MR) is 121 cm³/mol. The molecule has 5 fully saturated rings. The molecule has 164 valence electrons. The van der Waals surface area contributed by atoms with Crippen LogP contribution in [0, 0.1) is 30.1 Å². The molecule has 4 nitrogen and oxygen atoms in total. The Kier molecular flexibility index (Phi) is 5.79. The first-order valence-corrected chi connectivity index (χ1v) is 12.3. The Morgan fingerprint density at radius 1 is 1.07 bits per heavy atom. The summed E-state index contributed by atoms with van der Waals surface area (Å²) in [5.41, 5.74) is 2.25. The molecule has 0 radical (unpaired) electrons. The summed E-state index contributed by atoms with van der Waals surface area (Å²) >= 11 is 0. The molecule has 1 amide bonds. The van der Waals surface area contributed by atoms with Gasteiger partial charge in [-0.3, -0.25) is 9.69 Å². The van der Waals surface area contributed by atoms with Crippen LogP contribution in [-0.4, -0.2) is 37.0 Å². The quantitative estimate of drug-likeness (QED) is 0.654. The van der Waals surface area contributed by atoms with E-state index >= 15 is 0 Å². The number of piperidine rings is 1. The standard InChI is InChI=1S/C26H38N2O2/c1-19-23(6-5-7-24(19)30-11-10-28-8-3-2-4-9-28)27-25(29)18-26-15-20-12-21(16-26)14-22(13-20)17-26/h5-7,20-22H,2-4,8-18H2,1H3,(H,27,29). The lowest BCUT2D eigenvalue weighted by atomic mass is 9.49. The maximum Gasteiger partial charge on any atom is 0.224 e. The number of hydrogen-bond acceptors (Lipinski definition) is 3. The molecule has 5 aliphatic rings. The number of hydrogen-bond donors (Lipinski definition) is 1. The minimum atomic E-state index is 0.200. The third kappa shape index (κ3) is 4.39. The predicted octanol–water partition coefficient (Wildman–Crippen LogP) is 5.40. The molecule has 30 heavy (non-hydrogen) atoms. The van der Waals surface area contributed by atoms with Crippen LogP contribution in [0.4, 0.5) is 5.69 Å². The second kappa shape index (κ2) is 8.53. The zero-order valence-corrected chi connectivity index (χ0v) is 18.6. The van der Waals surface area contributed by atoms with E-state index in [1.165, 1.54) is 70.9 Å². The van der Waals surface area contributed by atoms with Gasteiger partial charge in [-0.2, -0.15) is 0 Å². The van der Waals surface area contributed by atoms with Crippen LogP contribution in [0.1, 0.15) is 69.8 Å². The molecule has 1 aliphatic heterocycles. The highest BCUT2D eigenvalue weighted by atomic mass is 16.5. The first kappa shape index (κ1) is 20.4. The molecule has 1 heterocycles. The van der Waals surface area contributed by atoms with Crippen molar-refractivity contribution in [1.29, 1.82) is 0 Å². The van der Waals surface area contributed by atoms with Crippen molar-refractivity contribution in [2.24, 2.45) is 23.2 Å². The Morgan fingerprint density at radius 3 is 2.40 bits per heavy atom. The maximum atomic E-state index is 13.0. The maximum absolute atomic E-state index is 13.0. The summed E-state index contributed by atoms with van der Waals surface area (Å²) < 4.78 is 6.10. The number of nitrogens with zero attached hydrogens (tertiary/aromatic N) is 1. The number of rotatable bonds is 7. The molecule has 0 spiro atoms. The van der Waals surface area contributed by atoms with E-state index < -0.39 is 0 Å². The number of anilines is 1. The van der Waals surface area contributed by atoms with Gasteiger partial charge in [-0.1, -0.05) is 12.5 Å². The number of carbonyl (C=O) groups is 1. The van der Waals surface area contributed by atoms with Crippen LogP contribution in [0.2, 0.25) is 0 Å². The largest absolute Gasteiger partial charge is 0.492 e. The normalized spacial score (nSPS) is 32.9. The molecule has 0 aromatic heterocycles. The molecule has 6 rings (SSSR count). The summed E-state index contributed by atoms with van der Waals surface area (Å²) in [5, 5.41) is 3.24. The van der Waals surface area contributed by atoms with Gasteiger partial charge in [-0.15, -0.1) is 0 Å². The summed E-state index contributed by atoms with van der Waals surface area (Å²) in [6.07, 6.45) is 12.8. The van der Waals surface area contributed by atoms with Crippen LogP contribution in [-0.2, 0) is 4.79 Å². The molecule has 1 aromatic rings. The molecule has 4 bridgehead atoms. The minimum absolute atomic E-state index is 0.200. The van der Waals surface area contributed by atoms with Crippen molar-refractivity contribution < 1.29 is 9.53 Å². The Balaban J connectivity index is 1.17. The van der Waals surface area contributed by atoms with Crippen LogP contribution in [0.25, 0.3) is 0 Å². The molecule has 0 atom stereocenters. The summed E-state index contributed by atoms with van der Waals surface area (Å²) in [7, 11) is 0. The zero-order valence-electron chi connectivity index (χ0n) is 18.6. The smallest absolute Gasteiger partial charge is 0.224 e. The SMILES string of the molecule is Cc1c(NC(=O)CC23CC4CC(CC(C4)C2)C3)cccc1OCCN1CCCCC1. The monoisotopic (exact) mass is 410 g/mol. The van der Waals surface area contributed by atoms with Gasteiger partial charge in [0.05, 0.1) is 0 Å². The van der Waals surface area contributed by atoms with Crippen molar-refractivity contribution in [3.63, 3.8) is 0 Å². The number of benzene rings is 1. The number of amides is 1. The third-order valence-electron chi connectivity index (χ3n) is 8.37. The van der Waals surface area contributed by atoms with E-state index in [-0.39, 0.29) is 11.3 Å². The summed E-state index contributed by atoms with van der Waals surface area (Å²) in [6, 6.07) is 6.05. The highest BCUT2D eigenvalue weighted by molar-refractivity contribution is 5.92. The van der Waals surface area contributed by atoms with E-state index in [2.05, 4.69) is 17.1 Å². The molecular formula is C26H38N2O2. The van der Waals surface area contributed by atoms with Crippen molar-refractivity contribution in [3.05, 3.63) is 23.8 Å². The third-order valence-corrected chi connectivity index (χ3v) is 8.37. The van der Waals surface area contributed by atoms with Crippen molar-refractivity contribution >= 4 is 11.6 Å². The van der Waals surface area contributed by atoms with Crippen molar-refractivity contribution in [2.75, 3.05) is 31.6 Å². The molecule has 4 aliphatic carbocycles. The van der Waals surface area contributed by atoms with Crippen molar-refractivity contribution in [3.8, 4) is 5.75 Å². The molecule has 4 saturated carbocycles. The van der Waals surface area contributed by atoms with Crippen molar-refractivity contribution in [1.82, 2.24) is 4.90 Å². The van der Waals surface area contributed by atoms with Gasteiger partial charge in [0.1, 0.15) is 12.4 Å². The summed E-state index contributed by atoms with van der Waals surface area (Å²) in [4.78, 5) is 15.5. The van der Waals surface area contributed by atoms with Gasteiger partial charge >= 0.3 is 0 Å². The lowest BCUT2D eigenvalue weighted by Crippen LogP contribution is -2.47. The topological polar surface area (TPSA) is 41.6 Å². The first-order valence-electron chi connectivity index (χ1n) is 12.3. The molecule has 1 saturated heterocycles. The molecule has 1 N–H and O–H groups in total. The Bertz CT molecular complexity index is 733. The molecular weight excluding hydrogens is 372 g/mol. The lowest BCUT2D eigenvalue weighted by Gasteiger charge is -2.56. The molecule has 4 heteroatoms. The number of carbonyl (C=O) groups excluding carboxylic acids is 1. The van der Waals surface area contributed by atoms with Gasteiger partial charge in [0.25, 0.3) is 0 Å². The molecule has 1 aromatic carbocycles. The zero-order chi connectivity index (χ0) is 20.6. The van der Waals surface area contributed by atoms with Crippen molar-refractivity contribution in [2.45, 2.75) is 71.1 Å². The second-order valence-corrected chi connectivity index (χ2v) is 10.8. The second-order valence-electron chi connectivity index (χ2n) is 10.8. The summed E-state index contributed by atoms with van der Waals surface area (Å²) in [5.74, 6) is 3.78. The van der Waals surface area contributed by atoms with E-state index in [4.69, 9.17) is 4.74 Å². The van der Waals surface area contributed by atoms with Gasteiger partial charge in [0.15, 0.2) is 0 Å². The van der Waals surface area contributed by atoms with Gasteiger partial charge in [0, 0.05) is 24.2 Å². The fourth-order valence-electron chi connectivity index (χ4n) is 7.42. The van der Waals surface area contributed by atoms with Gasteiger partial charge in [-0.05, 0) is 107 Å². The van der Waals surface area contributed by atoms with Gasteiger partial charge in [0.2, 0.25) is 5.91 Å². The average Bonchev–Trinajstić information content (AvgIpc) is 2.70. The Labute approximate surface area is 181 Å². The van der Waals surface area contributed by atoms with E-state index in [1.54, 1.807) is 0 Å². The fourth-order valence-corrected chi connectivity index (χ4v) is 7.42. The number of ether oxygens (including phenoxy) is 1. The van der Waals surface area contributed by atoms with E-state index in [0.29, 0.717) is 13.0 Å². The highest BCUT2D eigenvalue weighted by Crippen LogP contribution is 2.61. The minimum Gasteiger partial charge on any atom is -0.492 e. The fraction of sp³-hybridized carbons (Fsp3) is 0.731. The van der Waals surface area contributed by atoms with E-state index in [0.717, 1.165) is 41.3 Å². The van der Waals surface area contributed by atoms with Crippen LogP contribution in [0.3, 0.4) is 0 Å². The number of likely N-dealkylation sites (tertiary alicyclic amines) is 1. The lowest BCUT2D eigenvalue weighted by molar-refractivity contribution is -0.124. The Hall–Kier alpha value is -1.55. The number of nitrogens with one attached hydrogen (secondary N) is 1. The molecule has 0 unspecified atom stereocenters. The van der Waals surface area contributed by atoms with Gasteiger partial charge < -0.3 is 10.1 Å². The van der Waals surface area contributed by atoms with E-state index in [1.807, 2.05) is 18.2 Å².